The summed E-state index contributed by atoms with van der Waals surface area (Å²) in [5.41, 5.74) is 1.10. The van der Waals surface area contributed by atoms with Crippen molar-refractivity contribution in [1.82, 2.24) is 4.98 Å². The molecule has 1 N–H and O–H groups in total. The fourth-order valence-corrected chi connectivity index (χ4v) is 1.86. The normalized spacial score (nSPS) is 15.7. The first-order chi connectivity index (χ1) is 7.36. The van der Waals surface area contributed by atoms with Crippen molar-refractivity contribution in [2.75, 3.05) is 17.6 Å². The van der Waals surface area contributed by atoms with E-state index in [4.69, 9.17) is 0 Å². The third-order valence-electron chi connectivity index (χ3n) is 1.96. The Labute approximate surface area is 92.9 Å². The van der Waals surface area contributed by atoms with Gasteiger partial charge < -0.3 is 5.32 Å². The molecule has 0 radical (unpaired) electrons. The fourth-order valence-electron chi connectivity index (χ4n) is 1.19. The highest BCUT2D eigenvalue weighted by Gasteiger charge is 2.03. The average Bonchev–Trinajstić information content (AvgIpc) is 2.74. The molecule has 1 aromatic heterocycles. The maximum absolute atomic E-state index is 4.21. The third-order valence-corrected chi connectivity index (χ3v) is 2.83. The monoisotopic (exact) mass is 220 g/mol. The molecule has 0 bridgehead atoms. The van der Waals surface area contributed by atoms with Crippen molar-refractivity contribution in [3.8, 4) is 0 Å². The Kier molecular flexibility index (Phi) is 3.34. The second-order valence-corrected chi connectivity index (χ2v) is 4.15. The summed E-state index contributed by atoms with van der Waals surface area (Å²) in [5.74, 6) is 1.87. The van der Waals surface area contributed by atoms with Gasteiger partial charge in [-0.15, -0.1) is 0 Å². The molecule has 0 saturated heterocycles. The highest BCUT2D eigenvalue weighted by Crippen LogP contribution is 2.12. The molecule has 0 fully saturated rings. The molecule has 0 aromatic carbocycles. The number of aryl methyl sites for hydroxylation is 1. The molecule has 78 valence electrons. The largest absolute Gasteiger partial charge is 0.331 e. The second kappa shape index (κ2) is 4.93. The van der Waals surface area contributed by atoms with Crippen molar-refractivity contribution in [2.24, 2.45) is 9.98 Å². The number of nitrogens with zero attached hydrogens (tertiary/aromatic N) is 3. The lowest BCUT2D eigenvalue weighted by molar-refractivity contribution is 1.17. The summed E-state index contributed by atoms with van der Waals surface area (Å²) in [4.78, 5) is 12.6. The molecule has 0 unspecified atom stereocenters. The minimum atomic E-state index is 0.838. The predicted molar refractivity (Wildman–Crippen MR) is 65.8 cm³/mol. The SMILES string of the molecule is Cc1cccnc1NC=NC1=NCCS1. The average molecular weight is 220 g/mol. The minimum absolute atomic E-state index is 0.838. The third kappa shape index (κ3) is 2.79. The molecule has 0 aliphatic carbocycles. The van der Waals surface area contributed by atoms with Crippen LogP contribution in [-0.4, -0.2) is 28.8 Å². The number of thioether (sulfide) groups is 1. The van der Waals surface area contributed by atoms with Crippen LogP contribution in [0.1, 0.15) is 5.56 Å². The van der Waals surface area contributed by atoms with Gasteiger partial charge in [-0.25, -0.2) is 9.98 Å². The number of hydrogen-bond donors (Lipinski definition) is 1. The van der Waals surface area contributed by atoms with E-state index in [0.717, 1.165) is 28.8 Å². The summed E-state index contributed by atoms with van der Waals surface area (Å²) in [6.45, 7) is 2.88. The number of nitrogens with one attached hydrogen (secondary N) is 1. The molecule has 2 heterocycles. The Morgan fingerprint density at radius 1 is 1.60 bits per heavy atom. The number of aliphatic imine (C=N–C) groups is 2. The Bertz CT molecular complexity index is 400. The number of aromatic nitrogens is 1. The maximum Gasteiger partial charge on any atom is 0.184 e. The summed E-state index contributed by atoms with van der Waals surface area (Å²) in [6.07, 6.45) is 3.40. The molecule has 1 aromatic rings. The number of anilines is 1. The summed E-state index contributed by atoms with van der Waals surface area (Å²) in [6, 6.07) is 3.92. The van der Waals surface area contributed by atoms with Gasteiger partial charge in [0.2, 0.25) is 0 Å². The highest BCUT2D eigenvalue weighted by atomic mass is 32.2. The van der Waals surface area contributed by atoms with Gasteiger partial charge in [0.15, 0.2) is 5.17 Å². The molecule has 0 amide bonds. The van der Waals surface area contributed by atoms with E-state index in [2.05, 4.69) is 20.3 Å². The van der Waals surface area contributed by atoms with E-state index in [1.165, 1.54) is 0 Å². The van der Waals surface area contributed by atoms with Crippen molar-refractivity contribution in [2.45, 2.75) is 6.92 Å². The van der Waals surface area contributed by atoms with Gasteiger partial charge >= 0.3 is 0 Å². The Morgan fingerprint density at radius 2 is 2.53 bits per heavy atom. The topological polar surface area (TPSA) is 49.6 Å². The van der Waals surface area contributed by atoms with Gasteiger partial charge in [-0.3, -0.25) is 4.99 Å². The lowest BCUT2D eigenvalue weighted by Gasteiger charge is -2.01. The zero-order valence-corrected chi connectivity index (χ0v) is 9.29. The Hall–Kier alpha value is -1.36. The standard InChI is InChI=1S/C10H12N4S/c1-8-3-2-4-11-9(8)13-7-14-10-12-5-6-15-10/h2-4,7H,5-6H2,1H3,(H,11,12,13,14). The first kappa shape index (κ1) is 10.2. The molecular weight excluding hydrogens is 208 g/mol. The Morgan fingerprint density at radius 3 is 3.27 bits per heavy atom. The zero-order valence-electron chi connectivity index (χ0n) is 8.47. The fraction of sp³-hybridized carbons (Fsp3) is 0.300. The maximum atomic E-state index is 4.21. The van der Waals surface area contributed by atoms with Crippen LogP contribution < -0.4 is 5.32 Å². The smallest absolute Gasteiger partial charge is 0.184 e. The predicted octanol–water partition coefficient (Wildman–Crippen LogP) is 1.93. The molecule has 1 aliphatic rings. The molecule has 0 spiro atoms. The summed E-state index contributed by atoms with van der Waals surface area (Å²) in [7, 11) is 0. The molecular formula is C10H12N4S. The van der Waals surface area contributed by atoms with E-state index in [1.54, 1.807) is 24.3 Å². The van der Waals surface area contributed by atoms with E-state index in [9.17, 15) is 0 Å². The van der Waals surface area contributed by atoms with E-state index in [-0.39, 0.29) is 0 Å². The molecule has 4 nitrogen and oxygen atoms in total. The zero-order chi connectivity index (χ0) is 10.5. The van der Waals surface area contributed by atoms with E-state index in [0.29, 0.717) is 0 Å². The summed E-state index contributed by atoms with van der Waals surface area (Å²) in [5, 5.41) is 3.89. The van der Waals surface area contributed by atoms with Crippen molar-refractivity contribution >= 4 is 29.1 Å². The molecule has 0 atom stereocenters. The van der Waals surface area contributed by atoms with Gasteiger partial charge in [-0.2, -0.15) is 0 Å². The first-order valence-corrected chi connectivity index (χ1v) is 5.73. The van der Waals surface area contributed by atoms with Gasteiger partial charge in [-0.1, -0.05) is 17.8 Å². The van der Waals surface area contributed by atoms with E-state index < -0.39 is 0 Å². The van der Waals surface area contributed by atoms with E-state index in [1.807, 2.05) is 19.1 Å². The molecule has 1 aliphatic heterocycles. The van der Waals surface area contributed by atoms with E-state index >= 15 is 0 Å². The quantitative estimate of drug-likeness (QED) is 0.612. The number of pyridine rings is 1. The van der Waals surface area contributed by atoms with Crippen molar-refractivity contribution in [1.29, 1.82) is 0 Å². The second-order valence-electron chi connectivity index (χ2n) is 3.08. The molecule has 5 heteroatoms. The van der Waals surface area contributed by atoms with Crippen molar-refractivity contribution in [3.05, 3.63) is 23.9 Å². The number of amidine groups is 1. The van der Waals surface area contributed by atoms with Gasteiger partial charge in [0.25, 0.3) is 0 Å². The number of rotatable bonds is 2. The van der Waals surface area contributed by atoms with Crippen LogP contribution in [-0.2, 0) is 0 Å². The van der Waals surface area contributed by atoms with Gasteiger partial charge in [0, 0.05) is 11.9 Å². The van der Waals surface area contributed by atoms with Crippen LogP contribution in [0.15, 0.2) is 28.3 Å². The number of hydrogen-bond acceptors (Lipinski definition) is 4. The van der Waals surface area contributed by atoms with Gasteiger partial charge in [0.1, 0.15) is 5.82 Å². The van der Waals surface area contributed by atoms with Crippen molar-refractivity contribution < 1.29 is 0 Å². The molecule has 2 rings (SSSR count). The van der Waals surface area contributed by atoms with Crippen LogP contribution in [0.25, 0.3) is 0 Å². The van der Waals surface area contributed by atoms with Crippen LogP contribution in [0.2, 0.25) is 0 Å². The molecule has 0 saturated carbocycles. The van der Waals surface area contributed by atoms with Crippen LogP contribution in [0.5, 0.6) is 0 Å². The minimum Gasteiger partial charge on any atom is -0.331 e. The van der Waals surface area contributed by atoms with Gasteiger partial charge in [-0.05, 0) is 18.6 Å². The summed E-state index contributed by atoms with van der Waals surface area (Å²) >= 11 is 1.67. The van der Waals surface area contributed by atoms with Crippen LogP contribution in [0, 0.1) is 6.92 Å². The van der Waals surface area contributed by atoms with Crippen LogP contribution in [0.4, 0.5) is 5.82 Å². The van der Waals surface area contributed by atoms with Crippen LogP contribution >= 0.6 is 11.8 Å². The Balaban J connectivity index is 1.95. The van der Waals surface area contributed by atoms with Crippen molar-refractivity contribution in [3.63, 3.8) is 0 Å². The lowest BCUT2D eigenvalue weighted by atomic mass is 10.3. The van der Waals surface area contributed by atoms with Crippen LogP contribution in [0.3, 0.4) is 0 Å². The lowest BCUT2D eigenvalue weighted by Crippen LogP contribution is -2.00. The van der Waals surface area contributed by atoms with Gasteiger partial charge in [0.05, 0.1) is 12.9 Å². The molecule has 15 heavy (non-hydrogen) atoms. The first-order valence-electron chi connectivity index (χ1n) is 4.74. The summed E-state index contributed by atoms with van der Waals surface area (Å²) < 4.78 is 0. The highest BCUT2D eigenvalue weighted by molar-refractivity contribution is 8.14.